The quantitative estimate of drug-likeness (QED) is 0.873. The maximum absolute atomic E-state index is 12.4. The van der Waals surface area contributed by atoms with Gasteiger partial charge in [-0.15, -0.1) is 0 Å². The van der Waals surface area contributed by atoms with Gasteiger partial charge in [-0.2, -0.15) is 0 Å². The summed E-state index contributed by atoms with van der Waals surface area (Å²) in [7, 11) is 1.65. The second-order valence-corrected chi connectivity index (χ2v) is 5.66. The Morgan fingerprint density at radius 2 is 2.33 bits per heavy atom. The Labute approximate surface area is 127 Å². The number of ether oxygens (including phenoxy) is 1. The first-order valence-electron chi connectivity index (χ1n) is 7.87. The fourth-order valence-electron chi connectivity index (χ4n) is 2.79. The lowest BCUT2D eigenvalue weighted by molar-refractivity contribution is -0.131. The summed E-state index contributed by atoms with van der Waals surface area (Å²) >= 11 is 0. The van der Waals surface area contributed by atoms with Crippen LogP contribution in [0.15, 0.2) is 24.3 Å². The highest BCUT2D eigenvalue weighted by Gasteiger charge is 2.23. The van der Waals surface area contributed by atoms with Crippen molar-refractivity contribution in [2.75, 3.05) is 26.7 Å². The molecule has 1 atom stereocenters. The van der Waals surface area contributed by atoms with E-state index in [1.54, 1.807) is 7.11 Å². The van der Waals surface area contributed by atoms with Gasteiger partial charge >= 0.3 is 0 Å². The van der Waals surface area contributed by atoms with Gasteiger partial charge in [-0.1, -0.05) is 19.1 Å². The molecule has 1 unspecified atom stereocenters. The molecule has 4 nitrogen and oxygen atoms in total. The fraction of sp³-hybridized carbons (Fsp3) is 0.588. The Hall–Kier alpha value is -1.55. The normalized spacial score (nSPS) is 18.6. The summed E-state index contributed by atoms with van der Waals surface area (Å²) in [6.45, 7) is 4.92. The highest BCUT2D eigenvalue weighted by Crippen LogP contribution is 2.16. The average Bonchev–Trinajstić information content (AvgIpc) is 2.53. The van der Waals surface area contributed by atoms with Crippen LogP contribution in [0.2, 0.25) is 0 Å². The van der Waals surface area contributed by atoms with Crippen LogP contribution in [-0.4, -0.2) is 43.6 Å². The molecule has 0 bridgehead atoms. The molecule has 0 saturated carbocycles. The van der Waals surface area contributed by atoms with Crippen molar-refractivity contribution in [2.45, 2.75) is 38.6 Å². The molecule has 1 fully saturated rings. The number of benzene rings is 1. The van der Waals surface area contributed by atoms with Crippen molar-refractivity contribution in [1.29, 1.82) is 0 Å². The lowest BCUT2D eigenvalue weighted by Gasteiger charge is -2.33. The van der Waals surface area contributed by atoms with Crippen LogP contribution in [0.5, 0.6) is 5.75 Å². The maximum Gasteiger partial charge on any atom is 0.227 e. The van der Waals surface area contributed by atoms with Crippen LogP contribution in [0.4, 0.5) is 0 Å². The largest absolute Gasteiger partial charge is 0.497 e. The number of piperidine rings is 1. The first-order valence-corrected chi connectivity index (χ1v) is 7.87. The van der Waals surface area contributed by atoms with Gasteiger partial charge in [-0.3, -0.25) is 4.79 Å². The zero-order chi connectivity index (χ0) is 15.1. The summed E-state index contributed by atoms with van der Waals surface area (Å²) in [4.78, 5) is 14.4. The van der Waals surface area contributed by atoms with Crippen LogP contribution in [0.25, 0.3) is 0 Å². The molecule has 116 valence electrons. The molecule has 1 amide bonds. The van der Waals surface area contributed by atoms with E-state index in [1.165, 1.54) is 6.42 Å². The number of carbonyl (C=O) groups excluding carboxylic acids is 1. The average molecular weight is 290 g/mol. The molecule has 0 spiro atoms. The second kappa shape index (κ2) is 8.03. The summed E-state index contributed by atoms with van der Waals surface area (Å²) in [6, 6.07) is 8.21. The minimum Gasteiger partial charge on any atom is -0.497 e. The van der Waals surface area contributed by atoms with Gasteiger partial charge in [0.15, 0.2) is 0 Å². The van der Waals surface area contributed by atoms with E-state index in [-0.39, 0.29) is 5.91 Å². The van der Waals surface area contributed by atoms with E-state index in [9.17, 15) is 4.79 Å². The Kier molecular flexibility index (Phi) is 6.05. The summed E-state index contributed by atoms with van der Waals surface area (Å²) in [5.74, 6) is 1.02. The predicted octanol–water partition coefficient (Wildman–Crippen LogP) is 2.23. The summed E-state index contributed by atoms with van der Waals surface area (Å²) in [5.41, 5.74) is 1.02. The fourth-order valence-corrected chi connectivity index (χ4v) is 2.79. The van der Waals surface area contributed by atoms with Gasteiger partial charge in [-0.25, -0.2) is 0 Å². The monoisotopic (exact) mass is 290 g/mol. The molecule has 1 aromatic rings. The van der Waals surface area contributed by atoms with Gasteiger partial charge in [0.05, 0.1) is 13.5 Å². The lowest BCUT2D eigenvalue weighted by Crippen LogP contribution is -2.48. The van der Waals surface area contributed by atoms with Crippen LogP contribution in [-0.2, 0) is 11.2 Å². The number of hydrogen-bond donors (Lipinski definition) is 1. The van der Waals surface area contributed by atoms with Crippen molar-refractivity contribution >= 4 is 5.91 Å². The maximum atomic E-state index is 12.4. The molecule has 1 heterocycles. The molecule has 0 radical (unpaired) electrons. The number of nitrogens with zero attached hydrogens (tertiary/aromatic N) is 1. The number of nitrogens with one attached hydrogen (secondary N) is 1. The van der Waals surface area contributed by atoms with Crippen molar-refractivity contribution in [1.82, 2.24) is 10.2 Å². The Bertz CT molecular complexity index is 462. The second-order valence-electron chi connectivity index (χ2n) is 5.66. The number of amides is 1. The predicted molar refractivity (Wildman–Crippen MR) is 84.6 cm³/mol. The van der Waals surface area contributed by atoms with Crippen molar-refractivity contribution in [3.8, 4) is 5.75 Å². The Morgan fingerprint density at radius 3 is 3.10 bits per heavy atom. The van der Waals surface area contributed by atoms with Crippen LogP contribution < -0.4 is 10.1 Å². The molecular weight excluding hydrogens is 264 g/mol. The number of hydrogen-bond acceptors (Lipinski definition) is 3. The van der Waals surface area contributed by atoms with Crippen molar-refractivity contribution < 1.29 is 9.53 Å². The van der Waals surface area contributed by atoms with Gasteiger partial charge in [0.1, 0.15) is 5.75 Å². The third-order valence-corrected chi connectivity index (χ3v) is 3.95. The lowest BCUT2D eigenvalue weighted by atomic mass is 10.0. The third kappa shape index (κ3) is 4.74. The van der Waals surface area contributed by atoms with Gasteiger partial charge in [0.25, 0.3) is 0 Å². The van der Waals surface area contributed by atoms with Crippen LogP contribution in [0.1, 0.15) is 31.7 Å². The first-order chi connectivity index (χ1) is 10.2. The topological polar surface area (TPSA) is 41.6 Å². The molecule has 2 rings (SSSR count). The van der Waals surface area contributed by atoms with E-state index < -0.39 is 0 Å². The summed E-state index contributed by atoms with van der Waals surface area (Å²) < 4.78 is 5.21. The van der Waals surface area contributed by atoms with Crippen LogP contribution >= 0.6 is 0 Å². The standard InChI is InChI=1S/C17H26N2O2/c1-3-9-18-15-7-5-10-19(13-15)17(20)12-14-6-4-8-16(11-14)21-2/h4,6,8,11,15,18H,3,5,7,9-10,12-13H2,1-2H3. The molecular formula is C17H26N2O2. The first kappa shape index (κ1) is 15.8. The van der Waals surface area contributed by atoms with Gasteiger partial charge in [0, 0.05) is 19.1 Å². The zero-order valence-electron chi connectivity index (χ0n) is 13.1. The number of carbonyl (C=O) groups is 1. The van der Waals surface area contributed by atoms with Gasteiger partial charge < -0.3 is 15.0 Å². The SMILES string of the molecule is CCCNC1CCCN(C(=O)Cc2cccc(OC)c2)C1. The summed E-state index contributed by atoms with van der Waals surface area (Å²) in [5, 5.41) is 3.52. The van der Waals surface area contributed by atoms with E-state index >= 15 is 0 Å². The van der Waals surface area contributed by atoms with E-state index in [2.05, 4.69) is 12.2 Å². The van der Waals surface area contributed by atoms with Crippen LogP contribution in [0, 0.1) is 0 Å². The molecule has 1 saturated heterocycles. The molecule has 1 aliphatic heterocycles. The molecule has 0 aliphatic carbocycles. The third-order valence-electron chi connectivity index (χ3n) is 3.95. The van der Waals surface area contributed by atoms with Gasteiger partial charge in [-0.05, 0) is 43.5 Å². The Morgan fingerprint density at radius 1 is 1.48 bits per heavy atom. The molecule has 1 N–H and O–H groups in total. The smallest absolute Gasteiger partial charge is 0.227 e. The van der Waals surface area contributed by atoms with Crippen molar-refractivity contribution in [2.24, 2.45) is 0 Å². The minimum absolute atomic E-state index is 0.214. The number of methoxy groups -OCH3 is 1. The van der Waals surface area contributed by atoms with Crippen molar-refractivity contribution in [3.63, 3.8) is 0 Å². The number of likely N-dealkylation sites (tertiary alicyclic amines) is 1. The highest BCUT2D eigenvalue weighted by molar-refractivity contribution is 5.79. The number of rotatable bonds is 6. The van der Waals surface area contributed by atoms with E-state index in [1.807, 2.05) is 29.2 Å². The Balaban J connectivity index is 1.89. The van der Waals surface area contributed by atoms with E-state index in [4.69, 9.17) is 4.74 Å². The highest BCUT2D eigenvalue weighted by atomic mass is 16.5. The minimum atomic E-state index is 0.214. The van der Waals surface area contributed by atoms with Crippen molar-refractivity contribution in [3.05, 3.63) is 29.8 Å². The van der Waals surface area contributed by atoms with E-state index in [0.717, 1.165) is 43.8 Å². The molecule has 1 aromatic carbocycles. The molecule has 4 heteroatoms. The van der Waals surface area contributed by atoms with E-state index in [0.29, 0.717) is 12.5 Å². The summed E-state index contributed by atoms with van der Waals surface area (Å²) in [6.07, 6.45) is 3.85. The zero-order valence-corrected chi connectivity index (χ0v) is 13.1. The molecule has 1 aliphatic rings. The molecule has 0 aromatic heterocycles. The van der Waals surface area contributed by atoms with Crippen LogP contribution in [0.3, 0.4) is 0 Å². The van der Waals surface area contributed by atoms with Gasteiger partial charge in [0.2, 0.25) is 5.91 Å². The molecule has 21 heavy (non-hydrogen) atoms.